The molecule has 2 aromatic rings. The van der Waals surface area contributed by atoms with Crippen molar-refractivity contribution in [3.05, 3.63) is 59.9 Å². The topological polar surface area (TPSA) is 60.9 Å². The highest BCUT2D eigenvalue weighted by Crippen LogP contribution is 2.33. The van der Waals surface area contributed by atoms with Gasteiger partial charge in [-0.15, -0.1) is 0 Å². The maximum Gasteiger partial charge on any atom is 0.416 e. The van der Waals surface area contributed by atoms with E-state index in [1.165, 1.54) is 17.7 Å². The summed E-state index contributed by atoms with van der Waals surface area (Å²) in [5.41, 5.74) is 1.20. The number of halogens is 3. The van der Waals surface area contributed by atoms with Crippen LogP contribution in [0.5, 0.6) is 0 Å². The maximum atomic E-state index is 13.2. The van der Waals surface area contributed by atoms with Gasteiger partial charge in [-0.25, -0.2) is 0 Å². The monoisotopic (exact) mass is 561 g/mol. The molecule has 0 aliphatic carbocycles. The molecule has 2 saturated heterocycles. The summed E-state index contributed by atoms with van der Waals surface area (Å²) in [5, 5.41) is 3.02. The van der Waals surface area contributed by atoms with Crippen molar-refractivity contribution < 1.29 is 22.7 Å². The fraction of sp³-hybridized carbons (Fsp3) is 0.600. The van der Waals surface area contributed by atoms with Crippen LogP contribution < -0.4 is 10.2 Å². The molecule has 2 fully saturated rings. The zero-order chi connectivity index (χ0) is 28.4. The summed E-state index contributed by atoms with van der Waals surface area (Å²) in [5.74, 6) is 0.411. The highest BCUT2D eigenvalue weighted by molar-refractivity contribution is 5.75. The van der Waals surface area contributed by atoms with Crippen LogP contribution in [0, 0.1) is 5.92 Å². The van der Waals surface area contributed by atoms with E-state index in [2.05, 4.69) is 26.2 Å². The number of rotatable bonds is 12. The van der Waals surface area contributed by atoms with Gasteiger partial charge in [0, 0.05) is 89.6 Å². The first-order valence-corrected chi connectivity index (χ1v) is 14.5. The van der Waals surface area contributed by atoms with Crippen LogP contribution in [0.3, 0.4) is 0 Å². The van der Waals surface area contributed by atoms with Crippen LogP contribution in [-0.4, -0.2) is 85.8 Å². The molecular formula is C30H42F3N5O2. The van der Waals surface area contributed by atoms with Crippen molar-refractivity contribution >= 4 is 11.6 Å². The molecule has 0 spiro atoms. The van der Waals surface area contributed by atoms with Gasteiger partial charge in [0.05, 0.1) is 5.56 Å². The third-order valence-electron chi connectivity index (χ3n) is 7.96. The maximum absolute atomic E-state index is 13.2. The molecule has 0 unspecified atom stereocenters. The zero-order valence-electron chi connectivity index (χ0n) is 23.4. The Balaban J connectivity index is 1.34. The van der Waals surface area contributed by atoms with Crippen molar-refractivity contribution in [2.45, 2.75) is 51.4 Å². The number of nitrogens with zero attached hydrogens (tertiary/aromatic N) is 4. The van der Waals surface area contributed by atoms with E-state index in [9.17, 15) is 18.0 Å². The normalized spacial score (nSPS) is 20.9. The molecule has 2 aliphatic heterocycles. The van der Waals surface area contributed by atoms with E-state index < -0.39 is 11.7 Å². The Bertz CT molecular complexity index is 1050. The van der Waals surface area contributed by atoms with Gasteiger partial charge < -0.3 is 15.0 Å². The number of carbonyl (C=O) groups excluding carboxylic acids is 1. The molecule has 2 atom stereocenters. The number of aromatic nitrogens is 1. The Morgan fingerprint density at radius 3 is 2.67 bits per heavy atom. The largest absolute Gasteiger partial charge is 0.416 e. The first kappa shape index (κ1) is 30.3. The van der Waals surface area contributed by atoms with Gasteiger partial charge in [0.25, 0.3) is 0 Å². The van der Waals surface area contributed by atoms with Crippen molar-refractivity contribution in [3.8, 4) is 0 Å². The van der Waals surface area contributed by atoms with Crippen molar-refractivity contribution in [3.63, 3.8) is 0 Å². The average molecular weight is 562 g/mol. The lowest BCUT2D eigenvalue weighted by atomic mass is 9.86. The SMILES string of the molecule is CCOCCCNC(=O)CC[C@@H]1CN(Cc2cccnc2)CC[C@@H]1N1CCN(c2cccc(C(F)(F)F)c2)CC1. The number of ether oxygens (including phenoxy) is 1. The zero-order valence-corrected chi connectivity index (χ0v) is 23.4. The minimum atomic E-state index is -4.34. The summed E-state index contributed by atoms with van der Waals surface area (Å²) >= 11 is 0. The van der Waals surface area contributed by atoms with Gasteiger partial charge in [0.15, 0.2) is 0 Å². The number of anilines is 1. The van der Waals surface area contributed by atoms with Gasteiger partial charge in [-0.2, -0.15) is 13.2 Å². The number of hydrogen-bond donors (Lipinski definition) is 1. The number of benzene rings is 1. The molecule has 0 bridgehead atoms. The van der Waals surface area contributed by atoms with Crippen molar-refractivity contribution in [1.29, 1.82) is 0 Å². The van der Waals surface area contributed by atoms with Gasteiger partial charge in [-0.1, -0.05) is 12.1 Å². The van der Waals surface area contributed by atoms with E-state index in [0.717, 1.165) is 58.1 Å². The number of alkyl halides is 3. The van der Waals surface area contributed by atoms with Crippen LogP contribution >= 0.6 is 0 Å². The third kappa shape index (κ3) is 8.91. The van der Waals surface area contributed by atoms with Gasteiger partial charge >= 0.3 is 6.18 Å². The van der Waals surface area contributed by atoms with E-state index in [4.69, 9.17) is 4.74 Å². The quantitative estimate of drug-likeness (QED) is 0.387. The van der Waals surface area contributed by atoms with E-state index in [1.54, 1.807) is 12.3 Å². The highest BCUT2D eigenvalue weighted by atomic mass is 19.4. The second kappa shape index (κ2) is 14.8. The smallest absolute Gasteiger partial charge is 0.382 e. The van der Waals surface area contributed by atoms with Crippen LogP contribution in [0.1, 0.15) is 43.7 Å². The summed E-state index contributed by atoms with van der Waals surface area (Å²) < 4.78 is 45.0. The van der Waals surface area contributed by atoms with Crippen LogP contribution in [-0.2, 0) is 22.3 Å². The Labute approximate surface area is 235 Å². The van der Waals surface area contributed by atoms with E-state index >= 15 is 0 Å². The van der Waals surface area contributed by atoms with Gasteiger partial charge in [-0.3, -0.25) is 19.6 Å². The predicted octanol–water partition coefficient (Wildman–Crippen LogP) is 4.44. The minimum Gasteiger partial charge on any atom is -0.382 e. The summed E-state index contributed by atoms with van der Waals surface area (Å²) in [6, 6.07) is 10.0. The number of piperidine rings is 1. The van der Waals surface area contributed by atoms with Crippen LogP contribution in [0.15, 0.2) is 48.8 Å². The number of nitrogens with one attached hydrogen (secondary N) is 1. The predicted molar refractivity (Wildman–Crippen MR) is 150 cm³/mol. The molecule has 4 rings (SSSR count). The molecule has 2 aliphatic rings. The summed E-state index contributed by atoms with van der Waals surface area (Å²) in [4.78, 5) is 23.9. The molecule has 10 heteroatoms. The second-order valence-electron chi connectivity index (χ2n) is 10.7. The second-order valence-corrected chi connectivity index (χ2v) is 10.7. The Morgan fingerprint density at radius 2 is 1.95 bits per heavy atom. The molecule has 0 radical (unpaired) electrons. The molecule has 1 aromatic carbocycles. The molecule has 1 amide bonds. The van der Waals surface area contributed by atoms with E-state index in [1.807, 2.05) is 24.1 Å². The number of pyridine rings is 1. The first-order valence-electron chi connectivity index (χ1n) is 14.5. The fourth-order valence-corrected chi connectivity index (χ4v) is 5.89. The Kier molecular flexibility index (Phi) is 11.2. The lowest BCUT2D eigenvalue weighted by Gasteiger charge is -2.47. The number of carbonyl (C=O) groups is 1. The van der Waals surface area contributed by atoms with Gasteiger partial charge in [0.1, 0.15) is 0 Å². The van der Waals surface area contributed by atoms with Crippen molar-refractivity contribution in [2.75, 3.05) is 63.9 Å². The van der Waals surface area contributed by atoms with E-state index in [-0.39, 0.29) is 5.91 Å². The molecular weight excluding hydrogens is 519 g/mol. The summed E-state index contributed by atoms with van der Waals surface area (Å²) in [7, 11) is 0. The molecule has 220 valence electrons. The third-order valence-corrected chi connectivity index (χ3v) is 7.96. The van der Waals surface area contributed by atoms with Crippen LogP contribution in [0.2, 0.25) is 0 Å². The van der Waals surface area contributed by atoms with Crippen LogP contribution in [0.4, 0.5) is 18.9 Å². The highest BCUT2D eigenvalue weighted by Gasteiger charge is 2.35. The van der Waals surface area contributed by atoms with Gasteiger partial charge in [0.2, 0.25) is 5.91 Å². The first-order chi connectivity index (χ1) is 19.3. The molecule has 1 aromatic heterocycles. The van der Waals surface area contributed by atoms with Crippen molar-refractivity contribution in [2.24, 2.45) is 5.92 Å². The minimum absolute atomic E-state index is 0.0778. The van der Waals surface area contributed by atoms with Crippen LogP contribution in [0.25, 0.3) is 0 Å². The number of likely N-dealkylation sites (tertiary alicyclic amines) is 1. The Hall–Kier alpha value is -2.69. The molecule has 7 nitrogen and oxygen atoms in total. The average Bonchev–Trinajstić information content (AvgIpc) is 2.96. The molecule has 0 saturated carbocycles. The summed E-state index contributed by atoms with van der Waals surface area (Å²) in [6.07, 6.45) is 2.45. The number of hydrogen-bond acceptors (Lipinski definition) is 6. The lowest BCUT2D eigenvalue weighted by molar-refractivity contribution is -0.137. The van der Waals surface area contributed by atoms with E-state index in [0.29, 0.717) is 56.9 Å². The molecule has 1 N–H and O–H groups in total. The van der Waals surface area contributed by atoms with Crippen molar-refractivity contribution in [1.82, 2.24) is 20.1 Å². The lowest BCUT2D eigenvalue weighted by Crippen LogP contribution is -2.56. The number of piperazine rings is 1. The molecule has 3 heterocycles. The Morgan fingerprint density at radius 1 is 1.12 bits per heavy atom. The van der Waals surface area contributed by atoms with Gasteiger partial charge in [-0.05, 0) is 68.5 Å². The number of amides is 1. The fourth-order valence-electron chi connectivity index (χ4n) is 5.89. The summed E-state index contributed by atoms with van der Waals surface area (Å²) in [6.45, 7) is 9.59. The molecule has 40 heavy (non-hydrogen) atoms. The standard InChI is InChI=1S/C30H42F3N5O2/c1-2-40-19-5-13-35-29(39)10-9-25-23-36(22-24-6-4-12-34-21-24)14-11-28(25)38-17-15-37(16-18-38)27-8-3-7-26(20-27)30(31,32)33/h3-4,6-8,12,20-21,25,28H,2,5,9-11,13-19,22-23H2,1H3,(H,35,39)/t25-,28+/m1/s1.